The molecule has 0 bridgehead atoms. The first-order valence-electron chi connectivity index (χ1n) is 4.60. The average Bonchev–Trinajstić information content (AvgIpc) is 2.29. The van der Waals surface area contributed by atoms with E-state index in [9.17, 15) is 0 Å². The summed E-state index contributed by atoms with van der Waals surface area (Å²) in [6.45, 7) is 0.959. The van der Waals surface area contributed by atoms with Gasteiger partial charge in [0.05, 0.1) is 6.10 Å². The molecule has 1 aliphatic heterocycles. The van der Waals surface area contributed by atoms with E-state index in [1.54, 1.807) is 0 Å². The van der Waals surface area contributed by atoms with Gasteiger partial charge < -0.3 is 4.74 Å². The molecule has 3 fully saturated rings. The fraction of sp³-hybridized carbons (Fsp3) is 1.00. The Balaban J connectivity index is 1.86. The van der Waals surface area contributed by atoms with Gasteiger partial charge in [-0.15, -0.1) is 11.6 Å². The van der Waals surface area contributed by atoms with Crippen LogP contribution in [-0.2, 0) is 4.74 Å². The number of hydrogen-bond donors (Lipinski definition) is 0. The highest BCUT2D eigenvalue weighted by Gasteiger charge is 2.65. The molecule has 0 unspecified atom stereocenters. The van der Waals surface area contributed by atoms with Crippen LogP contribution in [0.5, 0.6) is 0 Å². The minimum Gasteiger partial charge on any atom is -0.377 e. The topological polar surface area (TPSA) is 9.23 Å². The van der Waals surface area contributed by atoms with Crippen molar-refractivity contribution in [1.29, 1.82) is 0 Å². The molecule has 2 saturated carbocycles. The Kier molecular flexibility index (Phi) is 1.19. The molecule has 1 nitrogen and oxygen atoms in total. The predicted octanol–water partition coefficient (Wildman–Crippen LogP) is 2.18. The summed E-state index contributed by atoms with van der Waals surface area (Å²) >= 11 is 6.33. The summed E-state index contributed by atoms with van der Waals surface area (Å²) < 4.78 is 5.70. The molecule has 3 aliphatic rings. The Morgan fingerprint density at radius 1 is 1.36 bits per heavy atom. The van der Waals surface area contributed by atoms with Gasteiger partial charge in [0.1, 0.15) is 0 Å². The Hall–Kier alpha value is 0.250. The molecule has 0 aromatic rings. The monoisotopic (exact) mass is 172 g/mol. The third-order valence-corrected chi connectivity index (χ3v) is 4.67. The van der Waals surface area contributed by atoms with E-state index in [2.05, 4.69) is 0 Å². The minimum atomic E-state index is 0.447. The quantitative estimate of drug-likeness (QED) is 0.509. The first-order valence-corrected chi connectivity index (χ1v) is 5.04. The Bertz CT molecular complexity index is 188. The molecule has 0 aromatic heterocycles. The van der Waals surface area contributed by atoms with Gasteiger partial charge in [0.25, 0.3) is 0 Å². The first kappa shape index (κ1) is 6.73. The molecule has 1 spiro atoms. The maximum Gasteiger partial charge on any atom is 0.0688 e. The highest BCUT2D eigenvalue weighted by atomic mass is 35.5. The molecule has 0 radical (unpaired) electrons. The van der Waals surface area contributed by atoms with Crippen molar-refractivity contribution in [2.45, 2.75) is 37.2 Å². The third kappa shape index (κ3) is 0.595. The van der Waals surface area contributed by atoms with Crippen LogP contribution in [-0.4, -0.2) is 18.1 Å². The van der Waals surface area contributed by atoms with Crippen molar-refractivity contribution in [3.05, 3.63) is 0 Å². The van der Waals surface area contributed by atoms with Crippen LogP contribution in [0.2, 0.25) is 0 Å². The largest absolute Gasteiger partial charge is 0.377 e. The lowest BCUT2D eigenvalue weighted by molar-refractivity contribution is -0.142. The fourth-order valence-corrected chi connectivity index (χ4v) is 3.71. The molecule has 3 rings (SSSR count). The maximum atomic E-state index is 6.33. The highest BCUT2D eigenvalue weighted by molar-refractivity contribution is 6.22. The van der Waals surface area contributed by atoms with Crippen molar-refractivity contribution in [3.8, 4) is 0 Å². The second-order valence-electron chi connectivity index (χ2n) is 4.23. The second-order valence-corrected chi connectivity index (χ2v) is 4.70. The molecule has 0 N–H and O–H groups in total. The number of fused-ring (bicyclic) bond motifs is 2. The molecule has 2 heteroatoms. The lowest BCUT2D eigenvalue weighted by Gasteiger charge is -2.60. The van der Waals surface area contributed by atoms with Crippen LogP contribution >= 0.6 is 11.6 Å². The van der Waals surface area contributed by atoms with E-state index in [4.69, 9.17) is 16.3 Å². The summed E-state index contributed by atoms with van der Waals surface area (Å²) in [7, 11) is 0. The summed E-state index contributed by atoms with van der Waals surface area (Å²) in [6, 6.07) is 0. The Morgan fingerprint density at radius 3 is 2.82 bits per heavy atom. The molecule has 62 valence electrons. The van der Waals surface area contributed by atoms with E-state index in [1.807, 2.05) is 0 Å². The van der Waals surface area contributed by atoms with Crippen molar-refractivity contribution in [3.63, 3.8) is 0 Å². The van der Waals surface area contributed by atoms with Gasteiger partial charge in [-0.25, -0.2) is 0 Å². The fourth-order valence-electron chi connectivity index (χ4n) is 3.11. The second kappa shape index (κ2) is 1.94. The molecule has 11 heavy (non-hydrogen) atoms. The van der Waals surface area contributed by atoms with Gasteiger partial charge in [-0.2, -0.15) is 0 Å². The van der Waals surface area contributed by atoms with Crippen molar-refractivity contribution >= 4 is 11.6 Å². The predicted molar refractivity (Wildman–Crippen MR) is 43.8 cm³/mol. The SMILES string of the molecule is Cl[C@@H]1[C@H]2CCO[C@@H]2C12CCC2. The molecule has 0 amide bonds. The molecule has 3 atom stereocenters. The molecule has 1 heterocycles. The van der Waals surface area contributed by atoms with Crippen molar-refractivity contribution < 1.29 is 4.74 Å². The van der Waals surface area contributed by atoms with Crippen LogP contribution in [0.3, 0.4) is 0 Å². The zero-order valence-electron chi connectivity index (χ0n) is 6.55. The minimum absolute atomic E-state index is 0.447. The molecule has 1 saturated heterocycles. The first-order chi connectivity index (χ1) is 5.34. The summed E-state index contributed by atoms with van der Waals surface area (Å²) in [6.07, 6.45) is 5.78. The van der Waals surface area contributed by atoms with Crippen LogP contribution < -0.4 is 0 Å². The average molecular weight is 173 g/mol. The van der Waals surface area contributed by atoms with Gasteiger partial charge in [0.15, 0.2) is 0 Å². The molecular formula is C9H13ClO. The van der Waals surface area contributed by atoms with E-state index in [-0.39, 0.29) is 0 Å². The molecule has 0 aromatic carbocycles. The van der Waals surface area contributed by atoms with Crippen LogP contribution in [0.15, 0.2) is 0 Å². The smallest absolute Gasteiger partial charge is 0.0688 e. The highest BCUT2D eigenvalue weighted by Crippen LogP contribution is 2.64. The third-order valence-electron chi connectivity index (χ3n) is 3.91. The van der Waals surface area contributed by atoms with E-state index in [1.165, 1.54) is 25.7 Å². The normalized spacial score (nSPS) is 51.5. The van der Waals surface area contributed by atoms with Gasteiger partial charge in [-0.1, -0.05) is 6.42 Å². The van der Waals surface area contributed by atoms with Gasteiger partial charge in [0, 0.05) is 23.3 Å². The van der Waals surface area contributed by atoms with Crippen molar-refractivity contribution in [2.75, 3.05) is 6.61 Å². The summed E-state index contributed by atoms with van der Waals surface area (Å²) in [5, 5.41) is 0.448. The standard InChI is InChI=1S/C9H13ClO/c10-7-6-2-5-11-8(6)9(7)3-1-4-9/h6-8H,1-5H2/t6-,7-,8+/m1/s1. The molecular weight excluding hydrogens is 160 g/mol. The van der Waals surface area contributed by atoms with Gasteiger partial charge >= 0.3 is 0 Å². The van der Waals surface area contributed by atoms with E-state index in [0.29, 0.717) is 22.8 Å². The van der Waals surface area contributed by atoms with Gasteiger partial charge in [-0.3, -0.25) is 0 Å². The summed E-state index contributed by atoms with van der Waals surface area (Å²) in [5.74, 6) is 0.706. The maximum absolute atomic E-state index is 6.33. The van der Waals surface area contributed by atoms with E-state index < -0.39 is 0 Å². The van der Waals surface area contributed by atoms with Crippen LogP contribution in [0.1, 0.15) is 25.7 Å². The van der Waals surface area contributed by atoms with E-state index >= 15 is 0 Å². The van der Waals surface area contributed by atoms with Crippen LogP contribution in [0.4, 0.5) is 0 Å². The van der Waals surface area contributed by atoms with E-state index in [0.717, 1.165) is 6.61 Å². The van der Waals surface area contributed by atoms with Crippen molar-refractivity contribution in [1.82, 2.24) is 0 Å². The lowest BCUT2D eigenvalue weighted by Crippen LogP contribution is -2.63. The number of halogens is 1. The lowest BCUT2D eigenvalue weighted by atomic mass is 9.49. The number of rotatable bonds is 0. The van der Waals surface area contributed by atoms with Crippen LogP contribution in [0.25, 0.3) is 0 Å². The van der Waals surface area contributed by atoms with Crippen LogP contribution in [0, 0.1) is 11.3 Å². The zero-order chi connectivity index (χ0) is 7.47. The van der Waals surface area contributed by atoms with Gasteiger partial charge in [-0.05, 0) is 19.3 Å². The Morgan fingerprint density at radius 2 is 2.18 bits per heavy atom. The van der Waals surface area contributed by atoms with Gasteiger partial charge in [0.2, 0.25) is 0 Å². The Labute approximate surface area is 72.1 Å². The number of hydrogen-bond acceptors (Lipinski definition) is 1. The summed E-state index contributed by atoms with van der Waals surface area (Å²) in [4.78, 5) is 0. The summed E-state index contributed by atoms with van der Waals surface area (Å²) in [5.41, 5.74) is 0.447. The van der Waals surface area contributed by atoms with Crippen molar-refractivity contribution in [2.24, 2.45) is 11.3 Å². The number of ether oxygens (including phenoxy) is 1. The zero-order valence-corrected chi connectivity index (χ0v) is 7.31. The molecule has 2 aliphatic carbocycles. The number of alkyl halides is 1.